The highest BCUT2D eigenvalue weighted by Crippen LogP contribution is 2.49. The van der Waals surface area contributed by atoms with E-state index in [2.05, 4.69) is 23.3 Å². The zero-order valence-corrected chi connectivity index (χ0v) is 9.98. The van der Waals surface area contributed by atoms with E-state index >= 15 is 0 Å². The van der Waals surface area contributed by atoms with E-state index in [1.807, 2.05) is 0 Å². The molecule has 0 aromatic rings. The maximum Gasteiger partial charge on any atom is 0.220 e. The summed E-state index contributed by atoms with van der Waals surface area (Å²) in [6, 6.07) is 0.398. The van der Waals surface area contributed by atoms with Crippen molar-refractivity contribution in [3.63, 3.8) is 0 Å². The molecular weight excluding hydrogens is 208 g/mol. The van der Waals surface area contributed by atoms with E-state index in [1.165, 1.54) is 12.8 Å². The number of thiol groups is 1. The number of amides is 1. The largest absolute Gasteiger partial charge is 0.353 e. The lowest BCUT2D eigenvalue weighted by molar-refractivity contribution is -0.123. The van der Waals surface area contributed by atoms with Gasteiger partial charge in [-0.05, 0) is 49.9 Å². The van der Waals surface area contributed by atoms with Crippen LogP contribution < -0.4 is 10.6 Å². The molecule has 1 saturated carbocycles. The lowest BCUT2D eigenvalue weighted by Crippen LogP contribution is -2.43. The fraction of sp³-hybridized carbons (Fsp3) is 0.909. The van der Waals surface area contributed by atoms with Gasteiger partial charge < -0.3 is 10.6 Å². The second-order valence-corrected chi connectivity index (χ2v) is 5.24. The van der Waals surface area contributed by atoms with Gasteiger partial charge >= 0.3 is 0 Å². The van der Waals surface area contributed by atoms with Crippen LogP contribution in [0.3, 0.4) is 0 Å². The van der Waals surface area contributed by atoms with E-state index < -0.39 is 0 Å². The summed E-state index contributed by atoms with van der Waals surface area (Å²) in [7, 11) is 0. The Balaban J connectivity index is 1.72. The molecule has 1 saturated heterocycles. The summed E-state index contributed by atoms with van der Waals surface area (Å²) in [5.41, 5.74) is 0.250. The number of rotatable bonds is 4. The summed E-state index contributed by atoms with van der Waals surface area (Å²) in [4.78, 5) is 11.8. The Morgan fingerprint density at radius 3 is 2.60 bits per heavy atom. The Hall–Kier alpha value is -0.220. The first-order valence-corrected chi connectivity index (χ1v) is 6.48. The molecule has 0 unspecified atom stereocenters. The highest BCUT2D eigenvalue weighted by atomic mass is 32.1. The van der Waals surface area contributed by atoms with Gasteiger partial charge in [-0.2, -0.15) is 12.6 Å². The normalized spacial score (nSPS) is 24.9. The van der Waals surface area contributed by atoms with E-state index in [0.29, 0.717) is 12.5 Å². The van der Waals surface area contributed by atoms with Crippen molar-refractivity contribution in [1.29, 1.82) is 0 Å². The Morgan fingerprint density at radius 1 is 1.40 bits per heavy atom. The van der Waals surface area contributed by atoms with Gasteiger partial charge in [-0.3, -0.25) is 4.79 Å². The van der Waals surface area contributed by atoms with Crippen molar-refractivity contribution in [1.82, 2.24) is 10.6 Å². The molecule has 0 bridgehead atoms. The van der Waals surface area contributed by atoms with Crippen LogP contribution in [0, 0.1) is 5.41 Å². The van der Waals surface area contributed by atoms with E-state index in [4.69, 9.17) is 0 Å². The van der Waals surface area contributed by atoms with Crippen molar-refractivity contribution in [2.24, 2.45) is 5.41 Å². The molecule has 2 fully saturated rings. The summed E-state index contributed by atoms with van der Waals surface area (Å²) >= 11 is 4.31. The van der Waals surface area contributed by atoms with Crippen LogP contribution in [-0.4, -0.2) is 30.8 Å². The molecule has 2 rings (SSSR count). The summed E-state index contributed by atoms with van der Waals surface area (Å²) in [5, 5.41) is 6.43. The van der Waals surface area contributed by atoms with Crippen LogP contribution in [0.15, 0.2) is 0 Å². The standard InChI is InChI=1S/C11H20N2OS/c14-10(7-11(8-15)3-4-11)13-9-1-5-12-6-2-9/h9,12,15H,1-8H2,(H,13,14). The molecule has 15 heavy (non-hydrogen) atoms. The zero-order valence-electron chi connectivity index (χ0n) is 9.09. The number of hydrogen-bond acceptors (Lipinski definition) is 3. The van der Waals surface area contributed by atoms with Gasteiger partial charge in [-0.25, -0.2) is 0 Å². The summed E-state index contributed by atoms with van der Waals surface area (Å²) < 4.78 is 0. The van der Waals surface area contributed by atoms with Gasteiger partial charge in [-0.15, -0.1) is 0 Å². The van der Waals surface area contributed by atoms with Crippen LogP contribution in [0.5, 0.6) is 0 Å². The second kappa shape index (κ2) is 4.74. The number of carbonyl (C=O) groups is 1. The fourth-order valence-corrected chi connectivity index (χ4v) is 2.58. The minimum atomic E-state index is 0.230. The highest BCUT2D eigenvalue weighted by Gasteiger charge is 2.43. The summed E-state index contributed by atoms with van der Waals surface area (Å²) in [6.07, 6.45) is 5.17. The molecule has 0 aromatic carbocycles. The third kappa shape index (κ3) is 3.11. The van der Waals surface area contributed by atoms with Gasteiger partial charge in [-0.1, -0.05) is 0 Å². The first-order valence-electron chi connectivity index (χ1n) is 5.85. The van der Waals surface area contributed by atoms with Crippen LogP contribution in [0.1, 0.15) is 32.1 Å². The molecule has 1 amide bonds. The van der Waals surface area contributed by atoms with Gasteiger partial charge in [0.25, 0.3) is 0 Å². The van der Waals surface area contributed by atoms with Crippen LogP contribution in [0.4, 0.5) is 0 Å². The van der Waals surface area contributed by atoms with E-state index in [-0.39, 0.29) is 11.3 Å². The number of hydrogen-bond donors (Lipinski definition) is 3. The van der Waals surface area contributed by atoms with Crippen molar-refractivity contribution >= 4 is 18.5 Å². The lowest BCUT2D eigenvalue weighted by Gasteiger charge is -2.24. The van der Waals surface area contributed by atoms with Crippen LogP contribution >= 0.6 is 12.6 Å². The second-order valence-electron chi connectivity index (χ2n) is 4.93. The highest BCUT2D eigenvalue weighted by molar-refractivity contribution is 7.80. The Kier molecular flexibility index (Phi) is 3.57. The van der Waals surface area contributed by atoms with E-state index in [9.17, 15) is 4.79 Å². The van der Waals surface area contributed by atoms with Gasteiger partial charge in [0.1, 0.15) is 0 Å². The Bertz CT molecular complexity index is 235. The quantitative estimate of drug-likeness (QED) is 0.627. The van der Waals surface area contributed by atoms with Gasteiger partial charge in [0.2, 0.25) is 5.91 Å². The van der Waals surface area contributed by atoms with E-state index in [1.54, 1.807) is 0 Å². The topological polar surface area (TPSA) is 41.1 Å². The molecule has 3 nitrogen and oxygen atoms in total. The lowest BCUT2D eigenvalue weighted by atomic mass is 10.0. The molecule has 2 N–H and O–H groups in total. The zero-order chi connectivity index (χ0) is 10.7. The monoisotopic (exact) mass is 228 g/mol. The molecule has 2 aliphatic rings. The van der Waals surface area contributed by atoms with Gasteiger partial charge in [0.15, 0.2) is 0 Å². The number of carbonyl (C=O) groups excluding carboxylic acids is 1. The Labute approximate surface area is 96.8 Å². The predicted octanol–water partition coefficient (Wildman–Crippen LogP) is 0.955. The first-order chi connectivity index (χ1) is 7.24. The molecular formula is C11H20N2OS. The van der Waals surface area contributed by atoms with Crippen LogP contribution in [-0.2, 0) is 4.79 Å². The Morgan fingerprint density at radius 2 is 2.07 bits per heavy atom. The maximum atomic E-state index is 11.8. The van der Waals surface area contributed by atoms with Crippen molar-refractivity contribution in [2.45, 2.75) is 38.1 Å². The molecule has 1 aliphatic heterocycles. The third-order valence-electron chi connectivity index (χ3n) is 3.53. The van der Waals surface area contributed by atoms with Crippen molar-refractivity contribution in [3.8, 4) is 0 Å². The molecule has 1 heterocycles. The molecule has 4 heteroatoms. The smallest absolute Gasteiger partial charge is 0.220 e. The molecule has 0 atom stereocenters. The molecule has 86 valence electrons. The van der Waals surface area contributed by atoms with Crippen molar-refractivity contribution in [2.75, 3.05) is 18.8 Å². The fourth-order valence-electron chi connectivity index (χ4n) is 2.15. The molecule has 0 aromatic heterocycles. The van der Waals surface area contributed by atoms with E-state index in [0.717, 1.165) is 31.7 Å². The van der Waals surface area contributed by atoms with Gasteiger partial charge in [0, 0.05) is 12.5 Å². The van der Waals surface area contributed by atoms with Crippen LogP contribution in [0.2, 0.25) is 0 Å². The minimum Gasteiger partial charge on any atom is -0.353 e. The third-order valence-corrected chi connectivity index (χ3v) is 4.20. The average Bonchev–Trinajstić information content (AvgIpc) is 3.00. The first kappa shape index (κ1) is 11.3. The van der Waals surface area contributed by atoms with Crippen molar-refractivity contribution < 1.29 is 4.79 Å². The van der Waals surface area contributed by atoms with Crippen LogP contribution in [0.25, 0.3) is 0 Å². The molecule has 0 spiro atoms. The van der Waals surface area contributed by atoms with Crippen molar-refractivity contribution in [3.05, 3.63) is 0 Å². The number of nitrogens with one attached hydrogen (secondary N) is 2. The average molecular weight is 228 g/mol. The molecule has 1 aliphatic carbocycles. The maximum absolute atomic E-state index is 11.8. The molecule has 0 radical (unpaired) electrons. The predicted molar refractivity (Wildman–Crippen MR) is 64.2 cm³/mol. The summed E-state index contributed by atoms with van der Waals surface area (Å²) in [6.45, 7) is 2.06. The minimum absolute atomic E-state index is 0.230. The SMILES string of the molecule is O=C(CC1(CS)CC1)NC1CCNCC1. The van der Waals surface area contributed by atoms with Gasteiger partial charge in [0.05, 0.1) is 0 Å². The summed E-state index contributed by atoms with van der Waals surface area (Å²) in [5.74, 6) is 1.08. The number of piperidine rings is 1.